The lowest BCUT2D eigenvalue weighted by molar-refractivity contribution is -0.0395. The number of hydrogen-bond acceptors (Lipinski definition) is 7. The Hall–Kier alpha value is -1.83. The predicted molar refractivity (Wildman–Crippen MR) is 106 cm³/mol. The van der Waals surface area contributed by atoms with Crippen molar-refractivity contribution in [2.75, 3.05) is 12.8 Å². The second-order valence-electron chi connectivity index (χ2n) is 6.93. The largest absolute Gasteiger partial charge is 0.497 e. The maximum absolute atomic E-state index is 6.16. The molecular weight excluding hydrogens is 366 g/mol. The molecule has 0 unspecified atom stereocenters. The number of aromatic nitrogens is 2. The minimum absolute atomic E-state index is 0.179. The smallest absolute Gasteiger partial charge is 0.152 e. The summed E-state index contributed by atoms with van der Waals surface area (Å²) in [5.41, 5.74) is 9.10. The number of benzene rings is 1. The van der Waals surface area contributed by atoms with Gasteiger partial charge >= 0.3 is 0 Å². The molecule has 4 rings (SSSR count). The Morgan fingerprint density at radius 2 is 2.04 bits per heavy atom. The van der Waals surface area contributed by atoms with Crippen molar-refractivity contribution in [3.05, 3.63) is 40.4 Å². The highest BCUT2D eigenvalue weighted by atomic mass is 32.2. The summed E-state index contributed by atoms with van der Waals surface area (Å²) in [7, 11) is 1.67. The third kappa shape index (κ3) is 3.39. The molecule has 0 fully saturated rings. The molecule has 0 saturated carbocycles. The molecule has 136 valence electrons. The van der Waals surface area contributed by atoms with Crippen LogP contribution < -0.4 is 10.5 Å². The van der Waals surface area contributed by atoms with Gasteiger partial charge in [-0.1, -0.05) is 12.1 Å². The van der Waals surface area contributed by atoms with Gasteiger partial charge in [0.25, 0.3) is 0 Å². The van der Waals surface area contributed by atoms with Gasteiger partial charge in [0.05, 0.1) is 34.8 Å². The number of fused-ring (bicyclic) bond motifs is 2. The first kappa shape index (κ1) is 17.6. The standard InChI is InChI=1S/C19H21N3O2S2/c1-19(2)8-13-14(9-24-19)26-16-15(21-13)17(20)22-18(16)25-10-11-4-6-12(23-3)7-5-11/h4-7H,8-10H2,1-3H3,(H2,20,22). The van der Waals surface area contributed by atoms with Gasteiger partial charge in [0, 0.05) is 12.2 Å². The number of anilines is 1. The van der Waals surface area contributed by atoms with Crippen molar-refractivity contribution in [1.82, 2.24) is 9.97 Å². The van der Waals surface area contributed by atoms with E-state index in [1.54, 1.807) is 30.2 Å². The maximum atomic E-state index is 6.16. The molecule has 3 aliphatic heterocycles. The van der Waals surface area contributed by atoms with E-state index < -0.39 is 0 Å². The van der Waals surface area contributed by atoms with E-state index in [4.69, 9.17) is 20.2 Å². The van der Waals surface area contributed by atoms with Gasteiger partial charge in [-0.15, -0.1) is 23.1 Å². The summed E-state index contributed by atoms with van der Waals surface area (Å²) in [6.45, 7) is 4.79. The normalized spacial score (nSPS) is 15.8. The van der Waals surface area contributed by atoms with E-state index in [1.165, 1.54) is 10.4 Å². The molecule has 1 aromatic carbocycles. The summed E-state index contributed by atoms with van der Waals surface area (Å²) in [5, 5.41) is 0.943. The van der Waals surface area contributed by atoms with Crippen LogP contribution in [0.5, 0.6) is 5.75 Å². The summed E-state index contributed by atoms with van der Waals surface area (Å²) < 4.78 is 11.1. The molecule has 0 saturated heterocycles. The number of nitrogen functional groups attached to an aromatic ring is 1. The van der Waals surface area contributed by atoms with Crippen molar-refractivity contribution < 1.29 is 9.47 Å². The van der Waals surface area contributed by atoms with Crippen LogP contribution >= 0.6 is 23.1 Å². The number of rotatable bonds is 4. The fourth-order valence-corrected chi connectivity index (χ4v) is 5.12. The number of thioether (sulfide) groups is 1. The molecular formula is C19H21N3O2S2. The van der Waals surface area contributed by atoms with Crippen molar-refractivity contribution in [2.45, 2.75) is 43.3 Å². The van der Waals surface area contributed by atoms with Gasteiger partial charge in [0.15, 0.2) is 5.82 Å². The van der Waals surface area contributed by atoms with Crippen LogP contribution in [-0.2, 0) is 23.5 Å². The van der Waals surface area contributed by atoms with Gasteiger partial charge in [-0.3, -0.25) is 0 Å². The van der Waals surface area contributed by atoms with Gasteiger partial charge in [0.1, 0.15) is 16.5 Å². The van der Waals surface area contributed by atoms with E-state index in [0.717, 1.165) is 39.2 Å². The number of nitrogens with two attached hydrogens (primary N) is 1. The van der Waals surface area contributed by atoms with Gasteiger partial charge in [0.2, 0.25) is 0 Å². The molecule has 0 spiro atoms. The lowest BCUT2D eigenvalue weighted by Gasteiger charge is -2.31. The van der Waals surface area contributed by atoms with Crippen molar-refractivity contribution in [1.29, 1.82) is 0 Å². The Bertz CT molecular complexity index is 906. The fourth-order valence-electron chi connectivity index (χ4n) is 2.95. The Balaban J connectivity index is 1.60. The Morgan fingerprint density at radius 1 is 1.27 bits per heavy atom. The van der Waals surface area contributed by atoms with E-state index in [-0.39, 0.29) is 5.60 Å². The van der Waals surface area contributed by atoms with Crippen molar-refractivity contribution in [2.24, 2.45) is 0 Å². The fraction of sp³-hybridized carbons (Fsp3) is 0.368. The number of ether oxygens (including phenoxy) is 2. The van der Waals surface area contributed by atoms with Gasteiger partial charge < -0.3 is 15.2 Å². The Kier molecular flexibility index (Phi) is 4.54. The Labute approximate surface area is 161 Å². The summed E-state index contributed by atoms with van der Waals surface area (Å²) in [6, 6.07) is 8.08. The summed E-state index contributed by atoms with van der Waals surface area (Å²) in [4.78, 5) is 11.6. The third-order valence-corrected chi connectivity index (χ3v) is 6.76. The summed E-state index contributed by atoms with van der Waals surface area (Å²) >= 11 is 3.39. The van der Waals surface area contributed by atoms with Gasteiger partial charge in [-0.25, -0.2) is 9.97 Å². The molecule has 0 radical (unpaired) electrons. The highest BCUT2D eigenvalue weighted by molar-refractivity contribution is 7.98. The molecule has 3 heterocycles. The minimum atomic E-state index is -0.179. The summed E-state index contributed by atoms with van der Waals surface area (Å²) in [6.07, 6.45) is 0.799. The summed E-state index contributed by atoms with van der Waals surface area (Å²) in [5.74, 6) is 2.20. The molecule has 0 bridgehead atoms. The average Bonchev–Trinajstić information content (AvgIpc) is 2.93. The first-order chi connectivity index (χ1) is 12.4. The first-order valence-corrected chi connectivity index (χ1v) is 10.2. The van der Waals surface area contributed by atoms with Crippen LogP contribution in [0.2, 0.25) is 0 Å². The quantitative estimate of drug-likeness (QED) is 0.670. The van der Waals surface area contributed by atoms with E-state index in [2.05, 4.69) is 31.0 Å². The molecule has 0 amide bonds. The SMILES string of the molecule is COc1ccc(CSc2nc(N)c3nc4c(sc2-3)COC(C)(C)C4)cc1. The highest BCUT2D eigenvalue weighted by Gasteiger charge is 2.30. The molecule has 0 aliphatic carbocycles. The zero-order valence-electron chi connectivity index (χ0n) is 15.0. The second-order valence-corrected chi connectivity index (χ2v) is 8.99. The van der Waals surface area contributed by atoms with E-state index >= 15 is 0 Å². The van der Waals surface area contributed by atoms with E-state index in [1.807, 2.05) is 12.1 Å². The Morgan fingerprint density at radius 3 is 2.77 bits per heavy atom. The minimum Gasteiger partial charge on any atom is -0.497 e. The third-order valence-electron chi connectivity index (χ3n) is 4.39. The zero-order valence-corrected chi connectivity index (χ0v) is 16.7. The highest BCUT2D eigenvalue weighted by Crippen LogP contribution is 2.43. The van der Waals surface area contributed by atoms with Crippen molar-refractivity contribution >= 4 is 28.9 Å². The van der Waals surface area contributed by atoms with Crippen molar-refractivity contribution in [3.8, 4) is 16.3 Å². The predicted octanol–water partition coefficient (Wildman–Crippen LogP) is 4.38. The van der Waals surface area contributed by atoms with Crippen LogP contribution in [-0.4, -0.2) is 22.7 Å². The molecule has 0 aromatic heterocycles. The van der Waals surface area contributed by atoms with E-state index in [0.29, 0.717) is 12.4 Å². The molecule has 26 heavy (non-hydrogen) atoms. The zero-order chi connectivity index (χ0) is 18.3. The monoisotopic (exact) mass is 387 g/mol. The molecule has 1 aromatic rings. The number of nitrogens with zero attached hydrogens (tertiary/aromatic N) is 2. The average molecular weight is 388 g/mol. The second kappa shape index (κ2) is 6.72. The topological polar surface area (TPSA) is 70.3 Å². The van der Waals surface area contributed by atoms with E-state index in [9.17, 15) is 0 Å². The van der Waals surface area contributed by atoms with Crippen LogP contribution in [0, 0.1) is 0 Å². The van der Waals surface area contributed by atoms with Gasteiger partial charge in [-0.05, 0) is 31.5 Å². The molecule has 7 heteroatoms. The van der Waals surface area contributed by atoms with Crippen LogP contribution in [0.1, 0.15) is 30.0 Å². The number of hydrogen-bond donors (Lipinski definition) is 1. The van der Waals surface area contributed by atoms with Crippen LogP contribution in [0.15, 0.2) is 29.3 Å². The van der Waals surface area contributed by atoms with Crippen molar-refractivity contribution in [3.63, 3.8) is 0 Å². The lowest BCUT2D eigenvalue weighted by atomic mass is 9.99. The maximum Gasteiger partial charge on any atom is 0.152 e. The van der Waals surface area contributed by atoms with Crippen LogP contribution in [0.25, 0.3) is 10.6 Å². The lowest BCUT2D eigenvalue weighted by Crippen LogP contribution is -2.32. The van der Waals surface area contributed by atoms with Crippen LogP contribution in [0.3, 0.4) is 0 Å². The van der Waals surface area contributed by atoms with Crippen LogP contribution in [0.4, 0.5) is 5.82 Å². The number of methoxy groups -OCH3 is 1. The van der Waals surface area contributed by atoms with Gasteiger partial charge in [-0.2, -0.15) is 0 Å². The molecule has 5 nitrogen and oxygen atoms in total. The molecule has 0 atom stereocenters. The molecule has 3 aliphatic rings. The first-order valence-electron chi connectivity index (χ1n) is 8.42. The molecule has 2 N–H and O–H groups in total.